The lowest BCUT2D eigenvalue weighted by Crippen LogP contribution is -2.55. The summed E-state index contributed by atoms with van der Waals surface area (Å²) in [6.45, 7) is 2.73. The quantitative estimate of drug-likeness (QED) is 0.229. The van der Waals surface area contributed by atoms with E-state index in [-0.39, 0.29) is 23.7 Å². The summed E-state index contributed by atoms with van der Waals surface area (Å²) in [4.78, 5) is 15.1. The Kier molecular flexibility index (Phi) is 8.01. The number of amides is 1. The predicted molar refractivity (Wildman–Crippen MR) is 135 cm³/mol. The standard InChI is InChI=1S/C28H29BrFNO3/c1-2-3-17-34-26-18-20(29)11-14-23(26)27-24(28(33)31(27)22-7-5-4-6-8-22)15-16-25(32)19-9-12-21(30)13-10-19/h4-14,18,24-25,27,32H,2-3,15-17H2,1H3/t24-,25?,27-/m1/s1. The molecule has 1 heterocycles. The molecule has 1 fully saturated rings. The third-order valence-corrected chi connectivity index (χ3v) is 6.80. The number of unbranched alkanes of at least 4 members (excludes halogenated alkanes) is 1. The topological polar surface area (TPSA) is 49.8 Å². The van der Waals surface area contributed by atoms with E-state index in [1.807, 2.05) is 53.4 Å². The summed E-state index contributed by atoms with van der Waals surface area (Å²) in [6, 6.07) is 21.3. The van der Waals surface area contributed by atoms with E-state index in [1.165, 1.54) is 12.1 Å². The Morgan fingerprint density at radius 2 is 1.82 bits per heavy atom. The normalized spacial score (nSPS) is 18.5. The van der Waals surface area contributed by atoms with Crippen LogP contribution in [0, 0.1) is 11.7 Å². The fraction of sp³-hybridized carbons (Fsp3) is 0.321. The van der Waals surface area contributed by atoms with Gasteiger partial charge in [-0.25, -0.2) is 4.39 Å². The van der Waals surface area contributed by atoms with Gasteiger partial charge < -0.3 is 14.7 Å². The van der Waals surface area contributed by atoms with Gasteiger partial charge in [0.1, 0.15) is 11.6 Å². The van der Waals surface area contributed by atoms with Crippen molar-refractivity contribution in [1.29, 1.82) is 0 Å². The number of aliphatic hydroxyl groups is 1. The van der Waals surface area contributed by atoms with Gasteiger partial charge in [0.05, 0.1) is 24.7 Å². The molecule has 4 rings (SSSR count). The van der Waals surface area contributed by atoms with Crippen molar-refractivity contribution < 1.29 is 19.0 Å². The molecule has 0 aromatic heterocycles. The summed E-state index contributed by atoms with van der Waals surface area (Å²) in [7, 11) is 0. The lowest BCUT2D eigenvalue weighted by atomic mass is 9.78. The van der Waals surface area contributed by atoms with Crippen LogP contribution in [0.15, 0.2) is 77.3 Å². The fourth-order valence-corrected chi connectivity index (χ4v) is 4.80. The minimum atomic E-state index is -0.759. The van der Waals surface area contributed by atoms with Crippen molar-refractivity contribution >= 4 is 27.5 Å². The van der Waals surface area contributed by atoms with Gasteiger partial charge in [-0.15, -0.1) is 0 Å². The number of carbonyl (C=O) groups is 1. The molecule has 1 N–H and O–H groups in total. The highest BCUT2D eigenvalue weighted by atomic mass is 79.9. The molecule has 3 aromatic rings. The van der Waals surface area contributed by atoms with E-state index in [9.17, 15) is 14.3 Å². The van der Waals surface area contributed by atoms with Crippen molar-refractivity contribution in [3.8, 4) is 5.75 Å². The lowest BCUT2D eigenvalue weighted by Gasteiger charge is -2.48. The number of ether oxygens (including phenoxy) is 1. The van der Waals surface area contributed by atoms with E-state index in [2.05, 4.69) is 22.9 Å². The first-order chi connectivity index (χ1) is 16.5. The summed E-state index contributed by atoms with van der Waals surface area (Å²) in [5, 5.41) is 10.7. The summed E-state index contributed by atoms with van der Waals surface area (Å²) >= 11 is 3.54. The minimum absolute atomic E-state index is 0.0323. The predicted octanol–water partition coefficient (Wildman–Crippen LogP) is 6.99. The molecule has 1 saturated heterocycles. The third kappa shape index (κ3) is 5.34. The lowest BCUT2D eigenvalue weighted by molar-refractivity contribution is -0.131. The van der Waals surface area contributed by atoms with Gasteiger partial charge in [0, 0.05) is 15.7 Å². The third-order valence-electron chi connectivity index (χ3n) is 6.30. The second-order valence-electron chi connectivity index (χ2n) is 8.62. The van der Waals surface area contributed by atoms with Gasteiger partial charge in [-0.05, 0) is 61.2 Å². The molecule has 34 heavy (non-hydrogen) atoms. The zero-order valence-corrected chi connectivity index (χ0v) is 20.7. The molecule has 0 radical (unpaired) electrons. The van der Waals surface area contributed by atoms with Crippen LogP contribution >= 0.6 is 15.9 Å². The first-order valence-corrected chi connectivity index (χ1v) is 12.5. The highest BCUT2D eigenvalue weighted by molar-refractivity contribution is 9.10. The Morgan fingerprint density at radius 1 is 1.09 bits per heavy atom. The molecule has 1 amide bonds. The molecule has 4 nitrogen and oxygen atoms in total. The Balaban J connectivity index is 1.60. The van der Waals surface area contributed by atoms with E-state index >= 15 is 0 Å². The molecule has 0 aliphatic carbocycles. The van der Waals surface area contributed by atoms with Crippen LogP contribution in [0.1, 0.15) is 55.9 Å². The van der Waals surface area contributed by atoms with Gasteiger partial charge in [-0.3, -0.25) is 4.79 Å². The number of carbonyl (C=O) groups excluding carboxylic acids is 1. The summed E-state index contributed by atoms with van der Waals surface area (Å²) in [6.07, 6.45) is 2.14. The van der Waals surface area contributed by atoms with Crippen LogP contribution < -0.4 is 9.64 Å². The van der Waals surface area contributed by atoms with Crippen molar-refractivity contribution in [2.75, 3.05) is 11.5 Å². The molecule has 0 saturated carbocycles. The summed E-state index contributed by atoms with van der Waals surface area (Å²) in [5.41, 5.74) is 2.45. The van der Waals surface area contributed by atoms with Gasteiger partial charge in [0.2, 0.25) is 5.91 Å². The molecule has 3 atom stereocenters. The maximum absolute atomic E-state index is 13.3. The highest BCUT2D eigenvalue weighted by Crippen LogP contribution is 2.49. The average molecular weight is 526 g/mol. The smallest absolute Gasteiger partial charge is 0.233 e. The number of halogens is 2. The Hall–Kier alpha value is -2.70. The van der Waals surface area contributed by atoms with E-state index in [1.54, 1.807) is 12.1 Å². The van der Waals surface area contributed by atoms with Crippen LogP contribution in [0.25, 0.3) is 0 Å². The van der Waals surface area contributed by atoms with Crippen LogP contribution in [0.4, 0.5) is 10.1 Å². The largest absolute Gasteiger partial charge is 0.493 e. The molecular weight excluding hydrogens is 497 g/mol. The van der Waals surface area contributed by atoms with Crippen molar-refractivity contribution in [3.63, 3.8) is 0 Å². The van der Waals surface area contributed by atoms with Crippen LogP contribution in [0.3, 0.4) is 0 Å². The first-order valence-electron chi connectivity index (χ1n) is 11.7. The molecular formula is C28H29BrFNO3. The number of benzene rings is 3. The van der Waals surface area contributed by atoms with Crippen molar-refractivity contribution in [1.82, 2.24) is 0 Å². The van der Waals surface area contributed by atoms with Gasteiger partial charge in [-0.2, -0.15) is 0 Å². The van der Waals surface area contributed by atoms with Crippen molar-refractivity contribution in [2.45, 2.75) is 44.8 Å². The Morgan fingerprint density at radius 3 is 2.53 bits per heavy atom. The summed E-state index contributed by atoms with van der Waals surface area (Å²) < 4.78 is 20.3. The number of para-hydroxylation sites is 1. The van der Waals surface area contributed by atoms with E-state index in [4.69, 9.17) is 4.74 Å². The molecule has 0 spiro atoms. The maximum atomic E-state index is 13.3. The number of anilines is 1. The van der Waals surface area contributed by atoms with Crippen LogP contribution in [0.5, 0.6) is 5.75 Å². The van der Waals surface area contributed by atoms with Gasteiger partial charge >= 0.3 is 0 Å². The number of rotatable bonds is 10. The molecule has 1 unspecified atom stereocenters. The molecule has 178 valence electrons. The second kappa shape index (κ2) is 11.2. The fourth-order valence-electron chi connectivity index (χ4n) is 4.46. The zero-order chi connectivity index (χ0) is 24.1. The van der Waals surface area contributed by atoms with E-state index < -0.39 is 6.10 Å². The maximum Gasteiger partial charge on any atom is 0.233 e. The van der Waals surface area contributed by atoms with Crippen molar-refractivity contribution in [2.24, 2.45) is 5.92 Å². The van der Waals surface area contributed by atoms with Crippen LogP contribution in [-0.4, -0.2) is 17.6 Å². The minimum Gasteiger partial charge on any atom is -0.493 e. The molecule has 6 heteroatoms. The number of hydrogen-bond acceptors (Lipinski definition) is 3. The highest BCUT2D eigenvalue weighted by Gasteiger charge is 2.49. The van der Waals surface area contributed by atoms with E-state index in [0.29, 0.717) is 25.0 Å². The SMILES string of the molecule is CCCCOc1cc(Br)ccc1[C@@H]1[C@@H](CCC(O)c2ccc(F)cc2)C(=O)N1c1ccccc1. The number of aliphatic hydroxyl groups excluding tert-OH is 1. The van der Waals surface area contributed by atoms with E-state index in [0.717, 1.165) is 34.3 Å². The molecule has 1 aliphatic rings. The van der Waals surface area contributed by atoms with Crippen molar-refractivity contribution in [3.05, 3.63) is 94.2 Å². The molecule has 3 aromatic carbocycles. The van der Waals surface area contributed by atoms with Crippen LogP contribution in [-0.2, 0) is 4.79 Å². The Bertz CT molecular complexity index is 1110. The number of β-lactam (4-membered cyclic amide) rings is 1. The average Bonchev–Trinajstić information content (AvgIpc) is 2.84. The van der Waals surface area contributed by atoms with Gasteiger partial charge in [0.25, 0.3) is 0 Å². The number of nitrogens with zero attached hydrogens (tertiary/aromatic N) is 1. The van der Waals surface area contributed by atoms with Gasteiger partial charge in [0.15, 0.2) is 0 Å². The molecule has 0 bridgehead atoms. The monoisotopic (exact) mass is 525 g/mol. The first kappa shape index (κ1) is 24.4. The molecule has 1 aliphatic heterocycles. The summed E-state index contributed by atoms with van der Waals surface area (Å²) in [5.74, 6) is 0.176. The van der Waals surface area contributed by atoms with Gasteiger partial charge in [-0.1, -0.05) is 65.7 Å². The Labute approximate surface area is 208 Å². The number of hydrogen-bond donors (Lipinski definition) is 1. The van der Waals surface area contributed by atoms with Crippen LogP contribution in [0.2, 0.25) is 0 Å². The zero-order valence-electron chi connectivity index (χ0n) is 19.2. The second-order valence-corrected chi connectivity index (χ2v) is 9.54.